The Morgan fingerprint density at radius 3 is 2.76 bits per heavy atom. The molecule has 0 atom stereocenters. The second-order valence-corrected chi connectivity index (χ2v) is 7.89. The predicted octanol–water partition coefficient (Wildman–Crippen LogP) is 3.83. The van der Waals surface area contributed by atoms with E-state index in [-0.39, 0.29) is 27.9 Å². The lowest BCUT2D eigenvalue weighted by molar-refractivity contribution is 0.103. The zero-order valence-electron chi connectivity index (χ0n) is 13.9. The van der Waals surface area contributed by atoms with E-state index in [1.165, 1.54) is 0 Å². The van der Waals surface area contributed by atoms with Gasteiger partial charge in [-0.25, -0.2) is 4.98 Å². The Hall–Kier alpha value is -2.38. The molecule has 3 aromatic rings. The van der Waals surface area contributed by atoms with Gasteiger partial charge in [-0.15, -0.1) is 11.3 Å². The summed E-state index contributed by atoms with van der Waals surface area (Å²) in [6, 6.07) is 5.49. The third-order valence-electron chi connectivity index (χ3n) is 3.80. The molecular weight excluding hydrogens is 360 g/mol. The number of nitrogens with two attached hydrogens (primary N) is 1. The highest BCUT2D eigenvalue weighted by Gasteiger charge is 2.24. The summed E-state index contributed by atoms with van der Waals surface area (Å²) in [5.41, 5.74) is 7.04. The van der Waals surface area contributed by atoms with Crippen LogP contribution < -0.4 is 5.73 Å². The number of carbonyl (C=O) groups is 1. The van der Waals surface area contributed by atoms with E-state index in [0.717, 1.165) is 22.2 Å². The molecule has 0 bridgehead atoms. The summed E-state index contributed by atoms with van der Waals surface area (Å²) < 4.78 is 2.05. The van der Waals surface area contributed by atoms with Crippen molar-refractivity contribution in [2.24, 2.45) is 10.9 Å². The van der Waals surface area contributed by atoms with Crippen molar-refractivity contribution in [1.29, 1.82) is 0 Å². The molecule has 0 amide bonds. The van der Waals surface area contributed by atoms with Gasteiger partial charge in [-0.05, 0) is 39.0 Å². The number of aromatic nitrogens is 2. The van der Waals surface area contributed by atoms with Crippen LogP contribution in [0.4, 0.5) is 0 Å². The average Bonchev–Trinajstić information content (AvgIpc) is 3.17. The number of hydrogen-bond donors (Lipinski definition) is 2. The van der Waals surface area contributed by atoms with Crippen LogP contribution in [0.15, 0.2) is 34.9 Å². The number of amidine groups is 1. The van der Waals surface area contributed by atoms with Crippen molar-refractivity contribution in [3.63, 3.8) is 0 Å². The van der Waals surface area contributed by atoms with Crippen molar-refractivity contribution >= 4 is 45.5 Å². The van der Waals surface area contributed by atoms with Crippen molar-refractivity contribution in [2.75, 3.05) is 0 Å². The first kappa shape index (κ1) is 17.4. The highest BCUT2D eigenvalue weighted by molar-refractivity contribution is 7.12. The monoisotopic (exact) mass is 376 g/mol. The number of oxime groups is 1. The maximum Gasteiger partial charge on any atom is 0.223 e. The molecule has 130 valence electrons. The van der Waals surface area contributed by atoms with E-state index < -0.39 is 0 Å². The molecule has 0 aliphatic heterocycles. The number of halogens is 1. The van der Waals surface area contributed by atoms with E-state index in [2.05, 4.69) is 30.9 Å². The second-order valence-electron chi connectivity index (χ2n) is 6.60. The minimum atomic E-state index is -0.225. The van der Waals surface area contributed by atoms with Crippen LogP contribution in [0, 0.1) is 0 Å². The maximum atomic E-state index is 13.0. The number of nitrogens with zero attached hydrogens (tertiary/aromatic N) is 3. The number of rotatable bonds is 3. The van der Waals surface area contributed by atoms with E-state index in [9.17, 15) is 4.79 Å². The highest BCUT2D eigenvalue weighted by Crippen LogP contribution is 2.31. The van der Waals surface area contributed by atoms with Gasteiger partial charge in [0.05, 0.1) is 5.56 Å². The van der Waals surface area contributed by atoms with E-state index in [4.69, 9.17) is 22.5 Å². The molecule has 6 nitrogen and oxygen atoms in total. The van der Waals surface area contributed by atoms with E-state index >= 15 is 0 Å². The lowest BCUT2D eigenvalue weighted by Gasteiger charge is -2.22. The SMILES string of the molecule is CC(C)(C)n1cc(C(=O)c2nc(C(N)=NO)cs2)c2cc(Cl)ccc21. The van der Waals surface area contributed by atoms with Crippen LogP contribution in [0.1, 0.15) is 41.8 Å². The van der Waals surface area contributed by atoms with E-state index in [1.807, 2.05) is 16.8 Å². The standard InChI is InChI=1S/C17H17ClN4O2S/c1-17(2,3)22-7-11(10-6-9(18)4-5-13(10)22)14(23)16-20-12(8-25-16)15(19)21-24/h4-8,24H,1-3H3,(H2,19,21). The third-order valence-corrected chi connectivity index (χ3v) is 4.88. The maximum absolute atomic E-state index is 13.0. The number of carbonyl (C=O) groups excluding carboxylic acids is 1. The minimum absolute atomic E-state index is 0.129. The summed E-state index contributed by atoms with van der Waals surface area (Å²) in [7, 11) is 0. The fourth-order valence-corrected chi connectivity index (χ4v) is 3.54. The van der Waals surface area contributed by atoms with Gasteiger partial charge in [-0.3, -0.25) is 4.79 Å². The number of fused-ring (bicyclic) bond motifs is 1. The predicted molar refractivity (Wildman–Crippen MR) is 100 cm³/mol. The van der Waals surface area contributed by atoms with E-state index in [1.54, 1.807) is 17.5 Å². The number of hydrogen-bond acceptors (Lipinski definition) is 5. The molecule has 0 aliphatic carbocycles. The Kier molecular flexibility index (Phi) is 4.30. The van der Waals surface area contributed by atoms with Gasteiger partial charge in [0, 0.05) is 33.0 Å². The van der Waals surface area contributed by atoms with Gasteiger partial charge >= 0.3 is 0 Å². The second kappa shape index (κ2) is 6.16. The van der Waals surface area contributed by atoms with Gasteiger partial charge in [-0.2, -0.15) is 0 Å². The van der Waals surface area contributed by atoms with E-state index in [0.29, 0.717) is 10.6 Å². The van der Waals surface area contributed by atoms with Crippen molar-refractivity contribution in [3.05, 3.63) is 51.1 Å². The van der Waals surface area contributed by atoms with Crippen LogP contribution in [0.2, 0.25) is 5.02 Å². The Bertz CT molecular complexity index is 998. The Morgan fingerprint density at radius 2 is 2.12 bits per heavy atom. The molecule has 0 unspecified atom stereocenters. The van der Waals surface area contributed by atoms with Gasteiger partial charge in [-0.1, -0.05) is 16.8 Å². The largest absolute Gasteiger partial charge is 0.409 e. The number of thiazole rings is 1. The summed E-state index contributed by atoms with van der Waals surface area (Å²) in [6.45, 7) is 6.19. The summed E-state index contributed by atoms with van der Waals surface area (Å²) in [6.07, 6.45) is 1.83. The smallest absolute Gasteiger partial charge is 0.223 e. The minimum Gasteiger partial charge on any atom is -0.409 e. The molecule has 3 rings (SSSR count). The fraction of sp³-hybridized carbons (Fsp3) is 0.235. The van der Waals surface area contributed by atoms with Gasteiger partial charge in [0.1, 0.15) is 5.69 Å². The molecule has 0 saturated carbocycles. The first-order valence-electron chi connectivity index (χ1n) is 7.51. The molecule has 0 radical (unpaired) electrons. The average molecular weight is 377 g/mol. The lowest BCUT2D eigenvalue weighted by atomic mass is 10.1. The molecule has 25 heavy (non-hydrogen) atoms. The third kappa shape index (κ3) is 3.12. The first-order chi connectivity index (χ1) is 11.7. The molecule has 0 aliphatic rings. The number of benzene rings is 1. The van der Waals surface area contributed by atoms with Gasteiger partial charge in [0.25, 0.3) is 0 Å². The summed E-state index contributed by atoms with van der Waals surface area (Å²) in [4.78, 5) is 17.2. The molecule has 2 heterocycles. The van der Waals surface area contributed by atoms with Gasteiger partial charge in [0.15, 0.2) is 10.8 Å². The highest BCUT2D eigenvalue weighted by atomic mass is 35.5. The molecular formula is C17H17ClN4O2S. The Labute approximate surface area is 153 Å². The molecule has 2 aromatic heterocycles. The zero-order chi connectivity index (χ0) is 18.4. The van der Waals surface area contributed by atoms with Crippen LogP contribution in [0.5, 0.6) is 0 Å². The summed E-state index contributed by atoms with van der Waals surface area (Å²) in [5.74, 6) is -0.354. The topological polar surface area (TPSA) is 93.5 Å². The first-order valence-corrected chi connectivity index (χ1v) is 8.77. The molecule has 3 N–H and O–H groups in total. The van der Waals surface area contributed by atoms with Crippen LogP contribution in [0.3, 0.4) is 0 Å². The van der Waals surface area contributed by atoms with Crippen molar-refractivity contribution in [2.45, 2.75) is 26.3 Å². The molecule has 8 heteroatoms. The molecule has 0 saturated heterocycles. The van der Waals surface area contributed by atoms with Gasteiger partial charge < -0.3 is 15.5 Å². The summed E-state index contributed by atoms with van der Waals surface area (Å²) >= 11 is 7.29. The lowest BCUT2D eigenvalue weighted by Crippen LogP contribution is -2.20. The van der Waals surface area contributed by atoms with Crippen LogP contribution >= 0.6 is 22.9 Å². The Morgan fingerprint density at radius 1 is 1.40 bits per heavy atom. The van der Waals surface area contributed by atoms with Crippen LogP contribution in [0.25, 0.3) is 10.9 Å². The van der Waals surface area contributed by atoms with Crippen molar-refractivity contribution in [3.8, 4) is 0 Å². The normalized spacial score (nSPS) is 12.7. The quantitative estimate of drug-likeness (QED) is 0.239. The van der Waals surface area contributed by atoms with Crippen molar-refractivity contribution < 1.29 is 10.0 Å². The Balaban J connectivity index is 2.16. The molecule has 1 aromatic carbocycles. The van der Waals surface area contributed by atoms with Crippen LogP contribution in [-0.2, 0) is 5.54 Å². The fourth-order valence-electron chi connectivity index (χ4n) is 2.60. The molecule has 0 spiro atoms. The summed E-state index contributed by atoms with van der Waals surface area (Å²) in [5, 5.41) is 14.8. The van der Waals surface area contributed by atoms with Crippen LogP contribution in [-0.4, -0.2) is 26.4 Å². The van der Waals surface area contributed by atoms with Gasteiger partial charge in [0.2, 0.25) is 5.78 Å². The zero-order valence-corrected chi connectivity index (χ0v) is 15.5. The molecule has 0 fully saturated rings. The number of ketones is 1. The van der Waals surface area contributed by atoms with Crippen molar-refractivity contribution in [1.82, 2.24) is 9.55 Å².